The Balaban J connectivity index is 1.93. The smallest absolute Gasteiger partial charge is 0.410 e. The Labute approximate surface area is 152 Å². The summed E-state index contributed by atoms with van der Waals surface area (Å²) in [5, 5.41) is 0. The van der Waals surface area contributed by atoms with Crippen LogP contribution in [0.25, 0.3) is 0 Å². The highest BCUT2D eigenvalue weighted by Gasteiger charge is 2.33. The van der Waals surface area contributed by atoms with Gasteiger partial charge in [0, 0.05) is 22.7 Å². The van der Waals surface area contributed by atoms with Crippen LogP contribution >= 0.6 is 22.6 Å². The van der Waals surface area contributed by atoms with Crippen LogP contribution in [0.2, 0.25) is 0 Å². The standard InChI is InChI=1S/C17H26IN3O2/c1-17(2,3)23-16(22)21-9-8-13(11-21)15(20-19)10-12-4-6-14(18)7-5-12/h4-7,13,15,20H,8-11,19H2,1-3H3. The van der Waals surface area contributed by atoms with Crippen LogP contribution in [0, 0.1) is 9.49 Å². The molecule has 0 saturated carbocycles. The predicted molar refractivity (Wildman–Crippen MR) is 99.9 cm³/mol. The Morgan fingerprint density at radius 2 is 2.09 bits per heavy atom. The van der Waals surface area contributed by atoms with Gasteiger partial charge >= 0.3 is 6.09 Å². The van der Waals surface area contributed by atoms with Crippen LogP contribution in [0.1, 0.15) is 32.8 Å². The van der Waals surface area contributed by atoms with Gasteiger partial charge in [-0.3, -0.25) is 11.3 Å². The van der Waals surface area contributed by atoms with E-state index in [0.717, 1.165) is 19.4 Å². The predicted octanol–water partition coefficient (Wildman–Crippen LogP) is 2.92. The molecule has 1 heterocycles. The first-order chi connectivity index (χ1) is 10.8. The fraction of sp³-hybridized carbons (Fsp3) is 0.588. The van der Waals surface area contributed by atoms with E-state index in [-0.39, 0.29) is 12.1 Å². The quantitative estimate of drug-likeness (QED) is 0.437. The summed E-state index contributed by atoms with van der Waals surface area (Å²) in [6.07, 6.45) is 1.57. The summed E-state index contributed by atoms with van der Waals surface area (Å²) in [6.45, 7) is 7.08. The minimum Gasteiger partial charge on any atom is -0.444 e. The minimum atomic E-state index is -0.456. The van der Waals surface area contributed by atoms with Crippen molar-refractivity contribution in [2.75, 3.05) is 13.1 Å². The molecule has 3 N–H and O–H groups in total. The molecule has 0 spiro atoms. The summed E-state index contributed by atoms with van der Waals surface area (Å²) >= 11 is 2.30. The molecule has 0 aromatic heterocycles. The normalized spacial score (nSPS) is 19.7. The third-order valence-corrected chi connectivity index (χ3v) is 4.75. The lowest BCUT2D eigenvalue weighted by Crippen LogP contribution is -2.44. The highest BCUT2D eigenvalue weighted by Crippen LogP contribution is 2.24. The number of amides is 1. The maximum absolute atomic E-state index is 12.2. The number of likely N-dealkylation sites (tertiary alicyclic amines) is 1. The van der Waals surface area contributed by atoms with Crippen molar-refractivity contribution >= 4 is 28.7 Å². The largest absolute Gasteiger partial charge is 0.444 e. The number of halogens is 1. The van der Waals surface area contributed by atoms with Gasteiger partial charge in [0.15, 0.2) is 0 Å². The SMILES string of the molecule is CC(C)(C)OC(=O)N1CCC(C(Cc2ccc(I)cc2)NN)C1. The van der Waals surface area contributed by atoms with E-state index < -0.39 is 5.60 Å². The lowest BCUT2D eigenvalue weighted by Gasteiger charge is -2.26. The van der Waals surface area contributed by atoms with E-state index in [9.17, 15) is 4.79 Å². The minimum absolute atomic E-state index is 0.155. The lowest BCUT2D eigenvalue weighted by atomic mass is 9.93. The molecule has 2 atom stereocenters. The molecule has 2 unspecified atom stereocenters. The molecular formula is C17H26IN3O2. The Kier molecular flexibility index (Phi) is 6.27. The van der Waals surface area contributed by atoms with Crippen molar-refractivity contribution in [3.05, 3.63) is 33.4 Å². The van der Waals surface area contributed by atoms with Crippen LogP contribution < -0.4 is 11.3 Å². The molecule has 1 aliphatic rings. The van der Waals surface area contributed by atoms with Crippen molar-refractivity contribution in [1.82, 2.24) is 10.3 Å². The van der Waals surface area contributed by atoms with Crippen molar-refractivity contribution in [2.45, 2.75) is 45.3 Å². The number of nitrogens with two attached hydrogens (primary N) is 1. The van der Waals surface area contributed by atoms with Gasteiger partial charge in [-0.15, -0.1) is 0 Å². The number of benzene rings is 1. The zero-order valence-electron chi connectivity index (χ0n) is 14.0. The van der Waals surface area contributed by atoms with Gasteiger partial charge in [0.25, 0.3) is 0 Å². The zero-order chi connectivity index (χ0) is 17.0. The fourth-order valence-electron chi connectivity index (χ4n) is 2.84. The number of nitrogens with one attached hydrogen (secondary N) is 1. The molecule has 0 bridgehead atoms. The Morgan fingerprint density at radius 1 is 1.43 bits per heavy atom. The molecule has 5 nitrogen and oxygen atoms in total. The zero-order valence-corrected chi connectivity index (χ0v) is 16.2. The average molecular weight is 431 g/mol. The summed E-state index contributed by atoms with van der Waals surface area (Å²) in [4.78, 5) is 14.0. The first-order valence-corrected chi connectivity index (χ1v) is 9.05. The first kappa shape index (κ1) is 18.5. The van der Waals surface area contributed by atoms with Crippen molar-refractivity contribution in [1.29, 1.82) is 0 Å². The molecule has 6 heteroatoms. The van der Waals surface area contributed by atoms with Gasteiger partial charge in [-0.05, 0) is 79.8 Å². The molecule has 1 aromatic carbocycles. The number of hydrazine groups is 1. The number of carbonyl (C=O) groups excluding carboxylic acids is 1. The van der Waals surface area contributed by atoms with E-state index in [2.05, 4.69) is 52.3 Å². The molecule has 128 valence electrons. The number of hydrogen-bond donors (Lipinski definition) is 2. The topological polar surface area (TPSA) is 67.6 Å². The molecular weight excluding hydrogens is 405 g/mol. The van der Waals surface area contributed by atoms with E-state index >= 15 is 0 Å². The molecule has 1 aromatic rings. The van der Waals surface area contributed by atoms with Gasteiger partial charge in [0.2, 0.25) is 0 Å². The van der Waals surface area contributed by atoms with Crippen LogP contribution in [0.15, 0.2) is 24.3 Å². The maximum Gasteiger partial charge on any atom is 0.410 e. The van der Waals surface area contributed by atoms with Gasteiger partial charge in [-0.25, -0.2) is 4.79 Å². The number of nitrogens with zero attached hydrogens (tertiary/aromatic N) is 1. The van der Waals surface area contributed by atoms with Gasteiger partial charge < -0.3 is 9.64 Å². The van der Waals surface area contributed by atoms with Crippen molar-refractivity contribution in [3.8, 4) is 0 Å². The number of carbonyl (C=O) groups is 1. The molecule has 1 fully saturated rings. The molecule has 2 rings (SSSR count). The maximum atomic E-state index is 12.2. The highest BCUT2D eigenvalue weighted by atomic mass is 127. The summed E-state index contributed by atoms with van der Waals surface area (Å²) in [6, 6.07) is 8.62. The lowest BCUT2D eigenvalue weighted by molar-refractivity contribution is 0.0285. The monoisotopic (exact) mass is 431 g/mol. The second-order valence-corrected chi connectivity index (χ2v) is 8.32. The van der Waals surface area contributed by atoms with Crippen LogP contribution in [-0.4, -0.2) is 35.7 Å². The van der Waals surface area contributed by atoms with Gasteiger partial charge in [-0.1, -0.05) is 12.1 Å². The molecule has 0 aliphatic carbocycles. The third-order valence-electron chi connectivity index (χ3n) is 4.03. The average Bonchev–Trinajstić information content (AvgIpc) is 2.94. The van der Waals surface area contributed by atoms with E-state index in [0.29, 0.717) is 12.5 Å². The Morgan fingerprint density at radius 3 is 2.65 bits per heavy atom. The van der Waals surface area contributed by atoms with E-state index in [1.54, 1.807) is 4.90 Å². The van der Waals surface area contributed by atoms with Crippen LogP contribution in [0.4, 0.5) is 4.79 Å². The second-order valence-electron chi connectivity index (χ2n) is 7.08. The van der Waals surface area contributed by atoms with E-state index in [1.165, 1.54) is 9.13 Å². The first-order valence-electron chi connectivity index (χ1n) is 7.97. The molecule has 1 amide bonds. The van der Waals surface area contributed by atoms with E-state index in [4.69, 9.17) is 10.6 Å². The van der Waals surface area contributed by atoms with Crippen molar-refractivity contribution < 1.29 is 9.53 Å². The second kappa shape index (κ2) is 7.81. The summed E-state index contributed by atoms with van der Waals surface area (Å²) in [5.41, 5.74) is 3.73. The summed E-state index contributed by atoms with van der Waals surface area (Å²) in [7, 11) is 0. The van der Waals surface area contributed by atoms with Gasteiger partial charge in [0.05, 0.1) is 0 Å². The number of hydrogen-bond acceptors (Lipinski definition) is 4. The molecule has 0 radical (unpaired) electrons. The van der Waals surface area contributed by atoms with Gasteiger partial charge in [0.1, 0.15) is 5.60 Å². The van der Waals surface area contributed by atoms with E-state index in [1.807, 2.05) is 20.8 Å². The molecule has 1 saturated heterocycles. The summed E-state index contributed by atoms with van der Waals surface area (Å²) in [5.74, 6) is 6.11. The fourth-order valence-corrected chi connectivity index (χ4v) is 3.20. The Bertz CT molecular complexity index is 528. The molecule has 23 heavy (non-hydrogen) atoms. The van der Waals surface area contributed by atoms with Crippen molar-refractivity contribution in [2.24, 2.45) is 11.8 Å². The number of ether oxygens (including phenoxy) is 1. The third kappa shape index (κ3) is 5.61. The Hall–Kier alpha value is -0.860. The number of rotatable bonds is 4. The molecule has 1 aliphatic heterocycles. The highest BCUT2D eigenvalue weighted by molar-refractivity contribution is 14.1. The van der Waals surface area contributed by atoms with Crippen LogP contribution in [-0.2, 0) is 11.2 Å². The van der Waals surface area contributed by atoms with Crippen LogP contribution in [0.3, 0.4) is 0 Å². The van der Waals surface area contributed by atoms with Crippen LogP contribution in [0.5, 0.6) is 0 Å². The summed E-state index contributed by atoms with van der Waals surface area (Å²) < 4.78 is 6.67. The van der Waals surface area contributed by atoms with Gasteiger partial charge in [-0.2, -0.15) is 0 Å². The van der Waals surface area contributed by atoms with Crippen molar-refractivity contribution in [3.63, 3.8) is 0 Å².